The highest BCUT2D eigenvalue weighted by Gasteiger charge is 2.21. The van der Waals surface area contributed by atoms with Crippen LogP contribution in [0.15, 0.2) is 66.7 Å². The fraction of sp³-hybridized carbons (Fsp3) is 0.280. The van der Waals surface area contributed by atoms with E-state index in [1.165, 1.54) is 0 Å². The summed E-state index contributed by atoms with van der Waals surface area (Å²) in [6.07, 6.45) is -0.382. The van der Waals surface area contributed by atoms with Gasteiger partial charge in [0.05, 0.1) is 24.7 Å². The average Bonchev–Trinajstić information content (AvgIpc) is 2.84. The number of rotatable bonds is 11. The first-order chi connectivity index (χ1) is 16.1. The molecule has 8 heteroatoms. The summed E-state index contributed by atoms with van der Waals surface area (Å²) in [4.78, 5) is 24.2. The maximum atomic E-state index is 12.8. The fourth-order valence-electron chi connectivity index (χ4n) is 3.41. The monoisotopic (exact) mass is 469 g/mol. The molecule has 3 aromatic carbocycles. The molecule has 3 rings (SSSR count). The van der Waals surface area contributed by atoms with Gasteiger partial charge >= 0.3 is 12.1 Å². The molecule has 0 saturated heterocycles. The van der Waals surface area contributed by atoms with Gasteiger partial charge in [-0.15, -0.1) is 0 Å². The van der Waals surface area contributed by atoms with Gasteiger partial charge in [-0.05, 0) is 30.4 Å². The van der Waals surface area contributed by atoms with Gasteiger partial charge in [-0.3, -0.25) is 10.1 Å². The molecular weight excluding hydrogens is 442 g/mol. The van der Waals surface area contributed by atoms with E-state index in [1.807, 2.05) is 54.6 Å². The molecule has 33 heavy (non-hydrogen) atoms. The minimum atomic E-state index is -0.649. The topological polar surface area (TPSA) is 94.1 Å². The Morgan fingerprint density at radius 3 is 2.55 bits per heavy atom. The molecule has 0 aliphatic heterocycles. The maximum Gasteiger partial charge on any atom is 0.412 e. The Kier molecular flexibility index (Phi) is 9.41. The predicted molar refractivity (Wildman–Crippen MR) is 130 cm³/mol. The Labute approximate surface area is 198 Å². The number of amides is 1. The van der Waals surface area contributed by atoms with Gasteiger partial charge in [-0.25, -0.2) is 4.79 Å². The van der Waals surface area contributed by atoms with E-state index < -0.39 is 18.2 Å². The highest BCUT2D eigenvalue weighted by Crippen LogP contribution is 2.32. The molecule has 0 spiro atoms. The van der Waals surface area contributed by atoms with Crippen LogP contribution in [0.1, 0.15) is 24.5 Å². The number of nitrogens with one attached hydrogen (secondary N) is 1. The fourth-order valence-corrected chi connectivity index (χ4v) is 3.51. The lowest BCUT2D eigenvalue weighted by Crippen LogP contribution is -2.19. The van der Waals surface area contributed by atoms with Crippen molar-refractivity contribution < 1.29 is 28.9 Å². The Bertz CT molecular complexity index is 1070. The molecule has 2 N–H and O–H groups in total. The third-order valence-corrected chi connectivity index (χ3v) is 5.15. The quantitative estimate of drug-likeness (QED) is 0.213. The lowest BCUT2D eigenvalue weighted by atomic mass is 10.0. The molecule has 0 radical (unpaired) electrons. The zero-order valence-electron chi connectivity index (χ0n) is 18.1. The third-order valence-electron chi connectivity index (χ3n) is 4.89. The number of hydrogen-bond acceptors (Lipinski definition) is 7. The van der Waals surface area contributed by atoms with Crippen LogP contribution in [0.3, 0.4) is 0 Å². The van der Waals surface area contributed by atoms with Crippen LogP contribution in [0.2, 0.25) is 0 Å². The Hall–Kier alpha value is -3.23. The molecule has 1 amide bonds. The van der Waals surface area contributed by atoms with Gasteiger partial charge in [0.15, 0.2) is 0 Å². The maximum absolute atomic E-state index is 12.8. The lowest BCUT2D eigenvalue weighted by Gasteiger charge is -2.21. The van der Waals surface area contributed by atoms with E-state index in [-0.39, 0.29) is 25.6 Å². The first kappa shape index (κ1) is 24.4. The third kappa shape index (κ3) is 7.13. The van der Waals surface area contributed by atoms with Gasteiger partial charge in [0, 0.05) is 10.9 Å². The van der Waals surface area contributed by atoms with Crippen molar-refractivity contribution in [2.75, 3.05) is 30.9 Å². The number of hydrogen-bond donors (Lipinski definition) is 3. The van der Waals surface area contributed by atoms with Crippen LogP contribution in [-0.2, 0) is 14.3 Å². The summed E-state index contributed by atoms with van der Waals surface area (Å²) in [6.45, 7) is 0.163. The molecule has 0 aromatic heterocycles. The van der Waals surface area contributed by atoms with Gasteiger partial charge in [-0.2, -0.15) is 12.6 Å². The number of esters is 1. The lowest BCUT2D eigenvalue weighted by molar-refractivity contribution is -0.140. The number of aliphatic hydroxyl groups is 1. The van der Waals surface area contributed by atoms with Crippen LogP contribution in [-0.4, -0.2) is 42.7 Å². The molecule has 0 fully saturated rings. The molecule has 0 unspecified atom stereocenters. The number of carbonyl (C=O) groups is 2. The van der Waals surface area contributed by atoms with Crippen molar-refractivity contribution in [2.45, 2.75) is 18.9 Å². The molecule has 0 aliphatic rings. The van der Waals surface area contributed by atoms with Crippen LogP contribution in [0.4, 0.5) is 10.5 Å². The zero-order chi connectivity index (χ0) is 23.5. The van der Waals surface area contributed by atoms with E-state index in [4.69, 9.17) is 19.3 Å². The molecule has 7 nitrogen and oxygen atoms in total. The predicted octanol–water partition coefficient (Wildman–Crippen LogP) is 4.75. The van der Waals surface area contributed by atoms with Crippen LogP contribution in [0.5, 0.6) is 5.75 Å². The number of carbonyl (C=O) groups excluding carboxylic acids is 2. The Morgan fingerprint density at radius 2 is 1.73 bits per heavy atom. The molecule has 0 saturated carbocycles. The summed E-state index contributed by atoms with van der Waals surface area (Å²) in [5, 5.41) is 13.9. The molecule has 0 bridgehead atoms. The first-order valence-electron chi connectivity index (χ1n) is 10.7. The van der Waals surface area contributed by atoms with Gasteiger partial charge < -0.3 is 19.3 Å². The van der Waals surface area contributed by atoms with E-state index in [2.05, 4.69) is 17.9 Å². The van der Waals surface area contributed by atoms with Crippen molar-refractivity contribution in [3.63, 3.8) is 0 Å². The van der Waals surface area contributed by atoms with Crippen molar-refractivity contribution in [2.24, 2.45) is 0 Å². The van der Waals surface area contributed by atoms with E-state index >= 15 is 0 Å². The summed E-state index contributed by atoms with van der Waals surface area (Å²) < 4.78 is 16.5. The number of thiol groups is 1. The van der Waals surface area contributed by atoms with Crippen molar-refractivity contribution >= 4 is 41.2 Å². The van der Waals surface area contributed by atoms with E-state index in [0.29, 0.717) is 29.8 Å². The second-order valence-corrected chi connectivity index (χ2v) is 7.49. The number of fused-ring (bicyclic) bond motifs is 1. The summed E-state index contributed by atoms with van der Waals surface area (Å²) in [7, 11) is 0. The Morgan fingerprint density at radius 1 is 0.970 bits per heavy atom. The number of aliphatic hydroxyl groups excluding tert-OH is 1. The molecule has 3 aromatic rings. The minimum Gasteiger partial charge on any atom is -0.491 e. The van der Waals surface area contributed by atoms with Crippen LogP contribution >= 0.6 is 12.6 Å². The summed E-state index contributed by atoms with van der Waals surface area (Å²) in [6, 6.07) is 20.6. The molecular formula is C25H27NO6S. The minimum absolute atomic E-state index is 0.00516. The van der Waals surface area contributed by atoms with Crippen molar-refractivity contribution in [1.82, 2.24) is 0 Å². The van der Waals surface area contributed by atoms with Crippen molar-refractivity contribution in [1.29, 1.82) is 0 Å². The van der Waals surface area contributed by atoms with Crippen molar-refractivity contribution in [3.8, 4) is 5.75 Å². The van der Waals surface area contributed by atoms with Crippen LogP contribution in [0.25, 0.3) is 10.8 Å². The van der Waals surface area contributed by atoms with Gasteiger partial charge in [0.2, 0.25) is 0 Å². The van der Waals surface area contributed by atoms with Crippen molar-refractivity contribution in [3.05, 3.63) is 72.3 Å². The number of para-hydroxylation sites is 1. The second kappa shape index (κ2) is 12.7. The first-order valence-corrected chi connectivity index (χ1v) is 11.3. The number of anilines is 1. The summed E-state index contributed by atoms with van der Waals surface area (Å²) >= 11 is 3.89. The van der Waals surface area contributed by atoms with Crippen LogP contribution in [0, 0.1) is 0 Å². The van der Waals surface area contributed by atoms with E-state index in [0.717, 1.165) is 10.8 Å². The molecule has 0 heterocycles. The smallest absolute Gasteiger partial charge is 0.412 e. The second-order valence-electron chi connectivity index (χ2n) is 7.18. The normalized spacial score (nSPS) is 11.6. The highest BCUT2D eigenvalue weighted by atomic mass is 32.1. The van der Waals surface area contributed by atoms with Gasteiger partial charge in [0.25, 0.3) is 0 Å². The van der Waals surface area contributed by atoms with Gasteiger partial charge in [0.1, 0.15) is 18.5 Å². The molecule has 1 atom stereocenters. The summed E-state index contributed by atoms with van der Waals surface area (Å²) in [5.41, 5.74) is 1.31. The number of ether oxygens (including phenoxy) is 3. The Balaban J connectivity index is 1.75. The van der Waals surface area contributed by atoms with E-state index in [9.17, 15) is 9.59 Å². The van der Waals surface area contributed by atoms with Crippen LogP contribution < -0.4 is 10.1 Å². The van der Waals surface area contributed by atoms with E-state index in [1.54, 1.807) is 12.1 Å². The molecule has 0 aliphatic carbocycles. The average molecular weight is 470 g/mol. The summed E-state index contributed by atoms with van der Waals surface area (Å²) in [5.74, 6) is 0.114. The highest BCUT2D eigenvalue weighted by molar-refractivity contribution is 7.81. The largest absolute Gasteiger partial charge is 0.491 e. The standard InChI is InChI=1S/C25H27NO6S/c27-14-16-30-22-12-4-3-10-20(22)23(13-6-15-31-24(28)17-33)32-25(29)26-21-11-5-8-18-7-1-2-9-19(18)21/h1-5,7-12,23,27,33H,6,13-17H2,(H,26,29)/t23-/m0/s1. The van der Waals surface area contributed by atoms with Gasteiger partial charge in [-0.1, -0.05) is 54.6 Å². The number of benzene rings is 3. The SMILES string of the molecule is O=C(CS)OCCC[C@H](OC(=O)Nc1cccc2ccccc12)c1ccccc1OCCO. The molecule has 174 valence electrons. The zero-order valence-corrected chi connectivity index (χ0v) is 19.0.